The highest BCUT2D eigenvalue weighted by Crippen LogP contribution is 2.38. The van der Waals surface area contributed by atoms with Gasteiger partial charge in [0, 0.05) is 12.8 Å². The third-order valence-corrected chi connectivity index (χ3v) is 8.77. The van der Waals surface area contributed by atoms with Crippen LogP contribution in [0.4, 0.5) is 0 Å². The maximum Gasteiger partial charge on any atom is 0.306 e. The lowest BCUT2D eigenvalue weighted by Crippen LogP contribution is -2.37. The van der Waals surface area contributed by atoms with Crippen molar-refractivity contribution in [2.24, 2.45) is 0 Å². The second-order valence-electron chi connectivity index (χ2n) is 13.9. The average Bonchev–Trinajstić information content (AvgIpc) is 3.07. The van der Waals surface area contributed by atoms with Gasteiger partial charge in [0.25, 0.3) is 7.82 Å². The number of allylic oxidation sites excluding steroid dienone is 10. The van der Waals surface area contributed by atoms with Crippen molar-refractivity contribution in [1.29, 1.82) is 0 Å². The first-order valence-corrected chi connectivity index (χ1v) is 21.0. The number of phosphoric acid groups is 1. The van der Waals surface area contributed by atoms with Gasteiger partial charge >= 0.3 is 11.9 Å². The first-order chi connectivity index (χ1) is 24.5. The topological polar surface area (TPSA) is 111 Å². The lowest BCUT2D eigenvalue weighted by molar-refractivity contribution is -0.870. The number of esters is 2. The number of rotatable bonds is 34. The lowest BCUT2D eigenvalue weighted by atomic mass is 10.1. The van der Waals surface area contributed by atoms with E-state index in [2.05, 4.69) is 74.6 Å². The maximum absolute atomic E-state index is 12.6. The van der Waals surface area contributed by atoms with Crippen LogP contribution < -0.4 is 4.89 Å². The number of likely N-dealkylation sites (N-methyl/N-ethyl adjacent to an activating group) is 1. The van der Waals surface area contributed by atoms with Crippen molar-refractivity contribution in [3.8, 4) is 0 Å². The van der Waals surface area contributed by atoms with Gasteiger partial charge in [-0.15, -0.1) is 0 Å². The molecule has 0 saturated carbocycles. The summed E-state index contributed by atoms with van der Waals surface area (Å²) in [5.41, 5.74) is 0. The minimum Gasteiger partial charge on any atom is -0.756 e. The van der Waals surface area contributed by atoms with E-state index in [1.165, 1.54) is 32.1 Å². The molecule has 2 atom stereocenters. The summed E-state index contributed by atoms with van der Waals surface area (Å²) in [5.74, 6) is -0.883. The van der Waals surface area contributed by atoms with E-state index in [9.17, 15) is 19.0 Å². The van der Waals surface area contributed by atoms with Crippen LogP contribution in [-0.4, -0.2) is 70.0 Å². The number of quaternary nitrogens is 1. The summed E-state index contributed by atoms with van der Waals surface area (Å²) in [7, 11) is 1.13. The fourth-order valence-corrected chi connectivity index (χ4v) is 5.47. The molecule has 0 N–H and O–H groups in total. The normalized spacial score (nSPS) is 14.4. The molecule has 0 bridgehead atoms. The number of carbonyl (C=O) groups excluding carboxylic acids is 2. The van der Waals surface area contributed by atoms with Crippen molar-refractivity contribution in [3.63, 3.8) is 0 Å². The van der Waals surface area contributed by atoms with Gasteiger partial charge in [0.15, 0.2) is 6.10 Å². The fraction of sp³-hybridized carbons (Fsp3) is 0.707. The van der Waals surface area contributed by atoms with Crippen LogP contribution >= 0.6 is 7.82 Å². The highest BCUT2D eigenvalue weighted by molar-refractivity contribution is 7.45. The summed E-state index contributed by atoms with van der Waals surface area (Å²) in [6.07, 6.45) is 38.3. The van der Waals surface area contributed by atoms with Crippen molar-refractivity contribution < 1.29 is 42.1 Å². The molecular weight excluding hydrogens is 665 g/mol. The zero-order valence-electron chi connectivity index (χ0n) is 32.8. The molecule has 0 amide bonds. The third-order valence-electron chi connectivity index (χ3n) is 7.80. The molecule has 10 heteroatoms. The Morgan fingerprint density at radius 2 is 1.12 bits per heavy atom. The van der Waals surface area contributed by atoms with E-state index < -0.39 is 32.5 Å². The monoisotopic (exact) mass is 737 g/mol. The first kappa shape index (κ1) is 48.7. The van der Waals surface area contributed by atoms with Crippen LogP contribution in [0.2, 0.25) is 0 Å². The summed E-state index contributed by atoms with van der Waals surface area (Å²) in [6.45, 7) is 4.01. The minimum absolute atomic E-state index is 0.0397. The molecule has 0 fully saturated rings. The number of hydrogen-bond donors (Lipinski definition) is 0. The number of ether oxygens (including phenoxy) is 2. The largest absolute Gasteiger partial charge is 0.756 e. The zero-order valence-corrected chi connectivity index (χ0v) is 33.7. The molecule has 0 aromatic heterocycles. The van der Waals surface area contributed by atoms with E-state index in [4.69, 9.17) is 18.5 Å². The predicted octanol–water partition coefficient (Wildman–Crippen LogP) is 9.88. The van der Waals surface area contributed by atoms with E-state index in [1.807, 2.05) is 21.1 Å². The first-order valence-electron chi connectivity index (χ1n) is 19.5. The Balaban J connectivity index is 4.46. The number of carbonyl (C=O) groups is 2. The molecule has 0 aliphatic carbocycles. The molecule has 9 nitrogen and oxygen atoms in total. The number of hydrogen-bond acceptors (Lipinski definition) is 8. The predicted molar refractivity (Wildman–Crippen MR) is 208 cm³/mol. The fourth-order valence-electron chi connectivity index (χ4n) is 4.74. The van der Waals surface area contributed by atoms with Crippen LogP contribution in [0.1, 0.15) is 136 Å². The van der Waals surface area contributed by atoms with E-state index in [1.54, 1.807) is 0 Å². The van der Waals surface area contributed by atoms with Gasteiger partial charge in [0.2, 0.25) is 0 Å². The van der Waals surface area contributed by atoms with E-state index in [-0.39, 0.29) is 26.1 Å². The van der Waals surface area contributed by atoms with E-state index >= 15 is 0 Å². The number of phosphoric ester groups is 1. The Bertz CT molecular complexity index is 1060. The zero-order chi connectivity index (χ0) is 37.9. The Labute approximate surface area is 311 Å². The smallest absolute Gasteiger partial charge is 0.306 e. The molecule has 1 unspecified atom stereocenters. The standard InChI is InChI=1S/C41H72NO8P/c1-6-8-10-12-14-16-17-18-19-20-21-22-23-24-25-26-28-30-32-34-41(44)50-39(38-49-51(45,46)48-36-35-42(3,4)5)37-47-40(43)33-31-29-27-15-13-11-9-7-2/h8,10,14,16,18-19,21-22,24-25,39H,6-7,9,11-13,15,17,20,23,26-38H2,1-5H3/b10-8+,16-14+,19-18+,22-21+,25-24+/t39-/m1/s1. The molecule has 0 aliphatic heterocycles. The molecule has 0 aliphatic rings. The second-order valence-corrected chi connectivity index (χ2v) is 15.3. The molecular formula is C41H72NO8P. The molecule has 294 valence electrons. The van der Waals surface area contributed by atoms with Crippen LogP contribution in [0.15, 0.2) is 60.8 Å². The van der Waals surface area contributed by atoms with E-state index in [0.29, 0.717) is 17.4 Å². The SMILES string of the molecule is CC/C=C/C/C=C/C/C=C/C/C=C/C/C=C/CCCCCC(=O)O[C@H](COC(=O)CCCCCCCCCC)COP(=O)([O-])OCC[N+](C)(C)C. The molecule has 0 heterocycles. The van der Waals surface area contributed by atoms with Gasteiger partial charge in [-0.25, -0.2) is 0 Å². The van der Waals surface area contributed by atoms with Crippen molar-refractivity contribution >= 4 is 19.8 Å². The number of nitrogens with zero attached hydrogens (tertiary/aromatic N) is 1. The summed E-state index contributed by atoms with van der Waals surface area (Å²) < 4.78 is 33.7. The summed E-state index contributed by atoms with van der Waals surface area (Å²) in [5, 5.41) is 0. The van der Waals surface area contributed by atoms with Crippen LogP contribution in [0.3, 0.4) is 0 Å². The van der Waals surface area contributed by atoms with Crippen LogP contribution in [-0.2, 0) is 32.7 Å². The van der Waals surface area contributed by atoms with Crippen LogP contribution in [0.25, 0.3) is 0 Å². The minimum atomic E-state index is -4.63. The van der Waals surface area contributed by atoms with Crippen LogP contribution in [0.5, 0.6) is 0 Å². The van der Waals surface area contributed by atoms with Crippen molar-refractivity contribution in [2.45, 2.75) is 142 Å². The van der Waals surface area contributed by atoms with Gasteiger partial charge < -0.3 is 27.9 Å². The second kappa shape index (κ2) is 33.5. The average molecular weight is 738 g/mol. The molecule has 51 heavy (non-hydrogen) atoms. The molecule has 0 spiro atoms. The Morgan fingerprint density at radius 1 is 0.627 bits per heavy atom. The van der Waals surface area contributed by atoms with Gasteiger partial charge in [0.1, 0.15) is 19.8 Å². The molecule has 0 rings (SSSR count). The van der Waals surface area contributed by atoms with Crippen molar-refractivity contribution in [1.82, 2.24) is 0 Å². The van der Waals surface area contributed by atoms with Gasteiger partial charge in [-0.2, -0.15) is 0 Å². The van der Waals surface area contributed by atoms with Gasteiger partial charge in [-0.1, -0.05) is 126 Å². The maximum atomic E-state index is 12.6. The highest BCUT2D eigenvalue weighted by Gasteiger charge is 2.21. The molecule has 0 saturated heterocycles. The van der Waals surface area contributed by atoms with Crippen molar-refractivity contribution in [3.05, 3.63) is 60.8 Å². The summed E-state index contributed by atoms with van der Waals surface area (Å²) in [6, 6.07) is 0. The van der Waals surface area contributed by atoms with Gasteiger partial charge in [-0.3, -0.25) is 14.2 Å². The summed E-state index contributed by atoms with van der Waals surface area (Å²) >= 11 is 0. The Morgan fingerprint density at radius 3 is 1.67 bits per heavy atom. The molecule has 0 aromatic rings. The van der Waals surface area contributed by atoms with Gasteiger partial charge in [0.05, 0.1) is 27.7 Å². The van der Waals surface area contributed by atoms with Gasteiger partial charge in [-0.05, 0) is 57.8 Å². The number of unbranched alkanes of at least 4 members (excludes halogenated alkanes) is 10. The molecule has 0 aromatic carbocycles. The van der Waals surface area contributed by atoms with E-state index in [0.717, 1.165) is 70.6 Å². The Hall–Kier alpha value is -2.29. The Kier molecular flexibility index (Phi) is 32.0. The van der Waals surface area contributed by atoms with Crippen molar-refractivity contribution in [2.75, 3.05) is 47.5 Å². The third kappa shape index (κ3) is 37.3. The molecule has 0 radical (unpaired) electrons. The quantitative estimate of drug-likeness (QED) is 0.0211. The highest BCUT2D eigenvalue weighted by atomic mass is 31.2. The van der Waals surface area contributed by atoms with Crippen LogP contribution in [0, 0.1) is 0 Å². The lowest BCUT2D eigenvalue weighted by Gasteiger charge is -2.28. The summed E-state index contributed by atoms with van der Waals surface area (Å²) in [4.78, 5) is 37.2.